The van der Waals surface area contributed by atoms with Crippen molar-refractivity contribution in [2.45, 2.75) is 53.9 Å². The van der Waals surface area contributed by atoms with Crippen LogP contribution in [0.15, 0.2) is 0 Å². The molecule has 0 nitrogen and oxygen atoms in total. The Kier molecular flexibility index (Phi) is 2.85. The van der Waals surface area contributed by atoms with Crippen LogP contribution in [0, 0.1) is 23.2 Å². The smallest absolute Gasteiger partial charge is 0.0298 e. The van der Waals surface area contributed by atoms with E-state index in [9.17, 15) is 0 Å². The highest BCUT2D eigenvalue weighted by Crippen LogP contribution is 2.50. The Balaban J connectivity index is 2.51. The van der Waals surface area contributed by atoms with Crippen LogP contribution < -0.4 is 0 Å². The molecule has 12 heavy (non-hydrogen) atoms. The maximum atomic E-state index is 2.47. The van der Waals surface area contributed by atoms with E-state index >= 15 is 0 Å². The minimum Gasteiger partial charge on any atom is -0.0625 e. The molecule has 0 heteroatoms. The molecule has 1 saturated carbocycles. The molecule has 0 N–H and O–H groups in total. The van der Waals surface area contributed by atoms with Gasteiger partial charge in [0, 0.05) is 0 Å². The highest BCUT2D eigenvalue weighted by molar-refractivity contribution is 4.90. The number of rotatable bonds is 3. The van der Waals surface area contributed by atoms with Gasteiger partial charge in [-0.2, -0.15) is 0 Å². The summed E-state index contributed by atoms with van der Waals surface area (Å²) >= 11 is 0. The number of hydrogen-bond acceptors (Lipinski definition) is 0. The molecule has 0 spiro atoms. The normalized spacial score (nSPS) is 26.5. The molecule has 1 aliphatic carbocycles. The third kappa shape index (κ3) is 1.67. The molecule has 0 heterocycles. The Morgan fingerprint density at radius 2 is 1.50 bits per heavy atom. The molecule has 1 aliphatic rings. The monoisotopic (exact) mass is 168 g/mol. The summed E-state index contributed by atoms with van der Waals surface area (Å²) < 4.78 is 0. The van der Waals surface area contributed by atoms with E-state index in [0.29, 0.717) is 5.41 Å². The molecule has 1 fully saturated rings. The average Bonchev–Trinajstić information content (AvgIpc) is 1.97. The Labute approximate surface area is 77.7 Å². The summed E-state index contributed by atoms with van der Waals surface area (Å²) in [5.74, 6) is 2.64. The standard InChI is InChI=1S/C12H24/c1-9(2)10(3)11(4)12(5)7-6-8-12/h9-11H,6-8H2,1-5H3. The lowest BCUT2D eigenvalue weighted by Crippen LogP contribution is -2.37. The first-order chi connectivity index (χ1) is 5.47. The van der Waals surface area contributed by atoms with Crippen LogP contribution in [0.4, 0.5) is 0 Å². The van der Waals surface area contributed by atoms with Gasteiger partial charge in [0.25, 0.3) is 0 Å². The average molecular weight is 168 g/mol. The van der Waals surface area contributed by atoms with Crippen molar-refractivity contribution >= 4 is 0 Å². The summed E-state index contributed by atoms with van der Waals surface area (Å²) in [4.78, 5) is 0. The summed E-state index contributed by atoms with van der Waals surface area (Å²) in [5.41, 5.74) is 0.684. The van der Waals surface area contributed by atoms with Crippen LogP contribution in [0.2, 0.25) is 0 Å². The second kappa shape index (κ2) is 3.40. The van der Waals surface area contributed by atoms with Crippen molar-refractivity contribution in [3.63, 3.8) is 0 Å². The van der Waals surface area contributed by atoms with E-state index in [-0.39, 0.29) is 0 Å². The van der Waals surface area contributed by atoms with Crippen molar-refractivity contribution in [1.82, 2.24) is 0 Å². The zero-order valence-corrected chi connectivity index (χ0v) is 9.35. The predicted molar refractivity (Wildman–Crippen MR) is 55.1 cm³/mol. The third-order valence-electron chi connectivity index (χ3n) is 4.44. The van der Waals surface area contributed by atoms with Gasteiger partial charge in [0.1, 0.15) is 0 Å². The van der Waals surface area contributed by atoms with E-state index in [4.69, 9.17) is 0 Å². The molecule has 72 valence electrons. The largest absolute Gasteiger partial charge is 0.0625 e. The topological polar surface area (TPSA) is 0 Å². The molecule has 0 aromatic carbocycles. The molecular formula is C12H24. The van der Waals surface area contributed by atoms with E-state index in [1.807, 2.05) is 0 Å². The van der Waals surface area contributed by atoms with E-state index < -0.39 is 0 Å². The second-order valence-corrected chi connectivity index (χ2v) is 5.40. The van der Waals surface area contributed by atoms with Crippen molar-refractivity contribution in [1.29, 1.82) is 0 Å². The summed E-state index contributed by atoms with van der Waals surface area (Å²) in [6.45, 7) is 12.0. The fourth-order valence-electron chi connectivity index (χ4n) is 2.40. The molecule has 0 aromatic heterocycles. The highest BCUT2D eigenvalue weighted by atomic mass is 14.4. The summed E-state index contributed by atoms with van der Waals surface area (Å²) in [6, 6.07) is 0. The van der Waals surface area contributed by atoms with Crippen LogP contribution in [0.25, 0.3) is 0 Å². The first kappa shape index (κ1) is 10.1. The van der Waals surface area contributed by atoms with Gasteiger partial charge >= 0.3 is 0 Å². The van der Waals surface area contributed by atoms with Gasteiger partial charge in [-0.25, -0.2) is 0 Å². The minimum absolute atomic E-state index is 0.684. The van der Waals surface area contributed by atoms with Gasteiger partial charge < -0.3 is 0 Å². The Bertz CT molecular complexity index is 142. The van der Waals surface area contributed by atoms with Gasteiger partial charge in [-0.1, -0.05) is 41.0 Å². The minimum atomic E-state index is 0.684. The molecule has 0 radical (unpaired) electrons. The van der Waals surface area contributed by atoms with Crippen molar-refractivity contribution in [2.75, 3.05) is 0 Å². The van der Waals surface area contributed by atoms with Gasteiger partial charge in [0.05, 0.1) is 0 Å². The van der Waals surface area contributed by atoms with Crippen LogP contribution in [-0.4, -0.2) is 0 Å². The molecule has 0 aromatic rings. The zero-order valence-electron chi connectivity index (χ0n) is 9.35. The highest BCUT2D eigenvalue weighted by Gasteiger charge is 2.39. The van der Waals surface area contributed by atoms with E-state index in [0.717, 1.165) is 17.8 Å². The van der Waals surface area contributed by atoms with Crippen molar-refractivity contribution in [2.24, 2.45) is 23.2 Å². The lowest BCUT2D eigenvalue weighted by molar-refractivity contribution is 0.0341. The van der Waals surface area contributed by atoms with Crippen LogP contribution in [-0.2, 0) is 0 Å². The van der Waals surface area contributed by atoms with Gasteiger partial charge in [0.15, 0.2) is 0 Å². The van der Waals surface area contributed by atoms with Gasteiger partial charge in [0.2, 0.25) is 0 Å². The lowest BCUT2D eigenvalue weighted by Gasteiger charge is -2.47. The van der Waals surface area contributed by atoms with Crippen molar-refractivity contribution in [3.05, 3.63) is 0 Å². The van der Waals surface area contributed by atoms with Crippen LogP contribution in [0.1, 0.15) is 53.9 Å². The van der Waals surface area contributed by atoms with E-state index in [1.54, 1.807) is 0 Å². The molecule has 2 unspecified atom stereocenters. The van der Waals surface area contributed by atoms with Crippen molar-refractivity contribution < 1.29 is 0 Å². The Morgan fingerprint density at radius 1 is 1.00 bits per heavy atom. The second-order valence-electron chi connectivity index (χ2n) is 5.40. The van der Waals surface area contributed by atoms with Crippen LogP contribution in [0.3, 0.4) is 0 Å². The van der Waals surface area contributed by atoms with E-state index in [1.165, 1.54) is 19.3 Å². The molecule has 0 saturated heterocycles. The first-order valence-corrected chi connectivity index (χ1v) is 5.47. The van der Waals surface area contributed by atoms with Crippen LogP contribution in [0.5, 0.6) is 0 Å². The summed E-state index contributed by atoms with van der Waals surface area (Å²) in [7, 11) is 0. The first-order valence-electron chi connectivity index (χ1n) is 5.47. The predicted octanol–water partition coefficient (Wildman–Crippen LogP) is 4.10. The van der Waals surface area contributed by atoms with Crippen LogP contribution >= 0.6 is 0 Å². The summed E-state index contributed by atoms with van der Waals surface area (Å²) in [6.07, 6.45) is 4.39. The lowest BCUT2D eigenvalue weighted by atomic mass is 9.58. The molecule has 0 amide bonds. The summed E-state index contributed by atoms with van der Waals surface area (Å²) in [5, 5.41) is 0. The maximum absolute atomic E-state index is 2.47. The molecule has 2 atom stereocenters. The fourth-order valence-corrected chi connectivity index (χ4v) is 2.40. The molecule has 1 rings (SSSR count). The SMILES string of the molecule is CC(C)C(C)C(C)C1(C)CCC1. The van der Waals surface area contributed by atoms with Gasteiger partial charge in [-0.3, -0.25) is 0 Å². The third-order valence-corrected chi connectivity index (χ3v) is 4.44. The Morgan fingerprint density at radius 3 is 1.75 bits per heavy atom. The fraction of sp³-hybridized carbons (Fsp3) is 1.00. The Hall–Kier alpha value is 0. The van der Waals surface area contributed by atoms with Gasteiger partial charge in [-0.15, -0.1) is 0 Å². The maximum Gasteiger partial charge on any atom is -0.0298 e. The molecule has 0 aliphatic heterocycles. The number of hydrogen-bond donors (Lipinski definition) is 0. The quantitative estimate of drug-likeness (QED) is 0.595. The van der Waals surface area contributed by atoms with Gasteiger partial charge in [-0.05, 0) is 36.0 Å². The molecule has 0 bridgehead atoms. The molecular weight excluding hydrogens is 144 g/mol. The van der Waals surface area contributed by atoms with Crippen molar-refractivity contribution in [3.8, 4) is 0 Å². The van der Waals surface area contributed by atoms with E-state index in [2.05, 4.69) is 34.6 Å². The zero-order chi connectivity index (χ0) is 9.35.